The van der Waals surface area contributed by atoms with Crippen LogP contribution in [-0.4, -0.2) is 24.0 Å². The summed E-state index contributed by atoms with van der Waals surface area (Å²) in [6.45, 7) is 5.26. The lowest BCUT2D eigenvalue weighted by atomic mass is 9.85. The summed E-state index contributed by atoms with van der Waals surface area (Å²) in [5.74, 6) is 0.680. The number of fused-ring (bicyclic) bond motifs is 3. The number of anilines is 1. The second kappa shape index (κ2) is 9.00. The normalized spacial score (nSPS) is 15.7. The van der Waals surface area contributed by atoms with E-state index in [0.29, 0.717) is 11.6 Å². The number of aromatic nitrogens is 1. The number of allylic oxidation sites excluding steroid dienone is 1. The molecular formula is C23H31N5. The van der Waals surface area contributed by atoms with E-state index in [4.69, 9.17) is 21.9 Å². The summed E-state index contributed by atoms with van der Waals surface area (Å²) in [6, 6.07) is 3.78. The van der Waals surface area contributed by atoms with Gasteiger partial charge in [0.2, 0.25) is 0 Å². The molecule has 5 N–H and O–H groups in total. The molecule has 0 saturated heterocycles. The van der Waals surface area contributed by atoms with Crippen LogP contribution >= 0.6 is 0 Å². The van der Waals surface area contributed by atoms with Gasteiger partial charge in [0.05, 0.1) is 11.2 Å². The summed E-state index contributed by atoms with van der Waals surface area (Å²) in [7, 11) is 0. The van der Waals surface area contributed by atoms with Crippen molar-refractivity contribution in [3.05, 3.63) is 40.7 Å². The summed E-state index contributed by atoms with van der Waals surface area (Å²) in [5.41, 5.74) is 18.7. The Balaban J connectivity index is 2.07. The Labute approximate surface area is 167 Å². The number of aryl methyl sites for hydroxylation is 1. The maximum atomic E-state index is 7.84. The first-order valence-electron chi connectivity index (χ1n) is 10.3. The Hall–Kier alpha value is -2.69. The van der Waals surface area contributed by atoms with Crippen LogP contribution in [0.4, 0.5) is 5.69 Å². The third kappa shape index (κ3) is 3.93. The predicted molar refractivity (Wildman–Crippen MR) is 120 cm³/mol. The molecule has 1 aliphatic carbocycles. The minimum absolute atomic E-state index is 0.631. The van der Waals surface area contributed by atoms with Crippen LogP contribution in [0.1, 0.15) is 61.9 Å². The lowest BCUT2D eigenvalue weighted by molar-refractivity contribution is 0.525. The molecule has 0 fully saturated rings. The molecule has 0 aliphatic heterocycles. The van der Waals surface area contributed by atoms with Gasteiger partial charge < -0.3 is 16.9 Å². The van der Waals surface area contributed by atoms with E-state index in [0.717, 1.165) is 66.4 Å². The molecule has 1 aromatic heterocycles. The molecule has 3 rings (SSSR count). The molecule has 1 atom stereocenters. The molecule has 2 aromatic rings. The van der Waals surface area contributed by atoms with Crippen molar-refractivity contribution in [3.63, 3.8) is 0 Å². The molecule has 0 radical (unpaired) electrons. The van der Waals surface area contributed by atoms with Crippen LogP contribution in [-0.2, 0) is 12.8 Å². The average molecular weight is 378 g/mol. The van der Waals surface area contributed by atoms with Gasteiger partial charge in [-0.1, -0.05) is 20.3 Å². The molecule has 1 unspecified atom stereocenters. The van der Waals surface area contributed by atoms with Crippen molar-refractivity contribution in [1.82, 2.24) is 4.98 Å². The van der Waals surface area contributed by atoms with Crippen LogP contribution in [0.5, 0.6) is 0 Å². The highest BCUT2D eigenvalue weighted by Crippen LogP contribution is 2.35. The van der Waals surface area contributed by atoms with E-state index in [1.165, 1.54) is 23.8 Å². The Morgan fingerprint density at radius 2 is 2.04 bits per heavy atom. The van der Waals surface area contributed by atoms with Crippen LogP contribution in [0.25, 0.3) is 16.5 Å². The molecule has 0 saturated carbocycles. The smallest absolute Gasteiger partial charge is 0.0774 e. The SMILES string of the molecule is CCC(C)CCN=C/C(=C\N)c1nc2ccc(N)c(C=N)c2c2c1CCCC2. The topological polar surface area (TPSA) is 101 Å². The average Bonchev–Trinajstić information content (AvgIpc) is 2.73. The van der Waals surface area contributed by atoms with Gasteiger partial charge in [-0.2, -0.15) is 0 Å². The minimum atomic E-state index is 0.631. The zero-order valence-corrected chi connectivity index (χ0v) is 17.0. The van der Waals surface area contributed by atoms with Crippen LogP contribution in [0, 0.1) is 11.3 Å². The Kier molecular flexibility index (Phi) is 6.45. The van der Waals surface area contributed by atoms with Crippen molar-refractivity contribution >= 4 is 34.6 Å². The Morgan fingerprint density at radius 1 is 1.29 bits per heavy atom. The third-order valence-electron chi connectivity index (χ3n) is 5.82. The van der Waals surface area contributed by atoms with Crippen LogP contribution < -0.4 is 11.5 Å². The van der Waals surface area contributed by atoms with Gasteiger partial charge in [-0.05, 0) is 61.3 Å². The van der Waals surface area contributed by atoms with E-state index in [9.17, 15) is 0 Å². The van der Waals surface area contributed by atoms with Gasteiger partial charge in [-0.3, -0.25) is 4.99 Å². The lowest BCUT2D eigenvalue weighted by Gasteiger charge is -2.23. The number of nitrogens with zero attached hydrogens (tertiary/aromatic N) is 2. The van der Waals surface area contributed by atoms with Crippen LogP contribution in [0.15, 0.2) is 23.3 Å². The van der Waals surface area contributed by atoms with Crippen molar-refractivity contribution in [2.45, 2.75) is 52.4 Å². The summed E-state index contributed by atoms with van der Waals surface area (Å²) < 4.78 is 0. The number of rotatable bonds is 7. The predicted octanol–water partition coefficient (Wildman–Crippen LogP) is 4.50. The zero-order chi connectivity index (χ0) is 20.1. The van der Waals surface area contributed by atoms with Crippen molar-refractivity contribution < 1.29 is 0 Å². The monoisotopic (exact) mass is 377 g/mol. The summed E-state index contributed by atoms with van der Waals surface area (Å²) >= 11 is 0. The maximum absolute atomic E-state index is 7.84. The van der Waals surface area contributed by atoms with Crippen molar-refractivity contribution in [1.29, 1.82) is 5.41 Å². The standard InChI is InChI=1S/C23H31N5/c1-3-15(2)10-11-27-14-16(12-24)23-18-7-5-4-6-17(18)22-19(13-25)20(26)8-9-21(22)28-23/h8-9,12-15,25H,3-7,10-11,24,26H2,1-2H3/b16-12+,25-13?,27-14?. The number of hydrogen-bond acceptors (Lipinski definition) is 5. The van der Waals surface area contributed by atoms with Crippen molar-refractivity contribution in [3.8, 4) is 0 Å². The molecule has 0 spiro atoms. The largest absolute Gasteiger partial charge is 0.404 e. The van der Waals surface area contributed by atoms with Crippen molar-refractivity contribution in [2.75, 3.05) is 12.3 Å². The minimum Gasteiger partial charge on any atom is -0.404 e. The molecule has 28 heavy (non-hydrogen) atoms. The molecule has 1 heterocycles. The number of aliphatic imine (C=N–C) groups is 1. The molecule has 148 valence electrons. The van der Waals surface area contributed by atoms with E-state index in [1.807, 2.05) is 18.3 Å². The van der Waals surface area contributed by atoms with Crippen molar-refractivity contribution in [2.24, 2.45) is 16.6 Å². The molecule has 0 bridgehead atoms. The fourth-order valence-electron chi connectivity index (χ4n) is 3.90. The van der Waals surface area contributed by atoms with Gasteiger partial charge in [-0.15, -0.1) is 0 Å². The second-order valence-corrected chi connectivity index (χ2v) is 7.69. The Morgan fingerprint density at radius 3 is 2.71 bits per heavy atom. The molecular weight excluding hydrogens is 346 g/mol. The number of nitrogen functional groups attached to an aromatic ring is 1. The third-order valence-corrected chi connectivity index (χ3v) is 5.82. The van der Waals surface area contributed by atoms with Gasteiger partial charge in [-0.25, -0.2) is 4.98 Å². The highest BCUT2D eigenvalue weighted by Gasteiger charge is 2.22. The van der Waals surface area contributed by atoms with Crippen LogP contribution in [0.2, 0.25) is 0 Å². The summed E-state index contributed by atoms with van der Waals surface area (Å²) in [5, 5.41) is 8.86. The van der Waals surface area contributed by atoms with Gasteiger partial charge in [0.25, 0.3) is 0 Å². The molecule has 0 amide bonds. The van der Waals surface area contributed by atoms with Gasteiger partial charge in [0, 0.05) is 47.4 Å². The zero-order valence-electron chi connectivity index (χ0n) is 17.0. The second-order valence-electron chi connectivity index (χ2n) is 7.69. The highest BCUT2D eigenvalue weighted by atomic mass is 14.8. The van der Waals surface area contributed by atoms with Gasteiger partial charge in [0.15, 0.2) is 0 Å². The van der Waals surface area contributed by atoms with Gasteiger partial charge in [0.1, 0.15) is 0 Å². The van der Waals surface area contributed by atoms with E-state index in [1.54, 1.807) is 6.20 Å². The maximum Gasteiger partial charge on any atom is 0.0774 e. The number of benzene rings is 1. The van der Waals surface area contributed by atoms with Gasteiger partial charge >= 0.3 is 0 Å². The molecule has 5 heteroatoms. The fraction of sp³-hybridized carbons (Fsp3) is 0.435. The summed E-state index contributed by atoms with van der Waals surface area (Å²) in [6.07, 6.45) is 11.3. The first-order chi connectivity index (χ1) is 13.6. The van der Waals surface area contributed by atoms with E-state index in [2.05, 4.69) is 18.8 Å². The molecule has 1 aliphatic rings. The Bertz CT molecular complexity index is 926. The molecule has 5 nitrogen and oxygen atoms in total. The van der Waals surface area contributed by atoms with E-state index < -0.39 is 0 Å². The first kappa shape index (κ1) is 20.1. The first-order valence-corrected chi connectivity index (χ1v) is 10.3. The molecule has 1 aromatic carbocycles. The number of pyridine rings is 1. The summed E-state index contributed by atoms with van der Waals surface area (Å²) in [4.78, 5) is 9.56. The quantitative estimate of drug-likeness (QED) is 0.489. The van der Waals surface area contributed by atoms with Crippen LogP contribution in [0.3, 0.4) is 0 Å². The fourth-order valence-corrected chi connectivity index (χ4v) is 3.90. The lowest BCUT2D eigenvalue weighted by Crippen LogP contribution is -2.12. The number of nitrogens with one attached hydrogen (secondary N) is 1. The highest BCUT2D eigenvalue weighted by molar-refractivity contribution is 6.11. The van der Waals surface area contributed by atoms with E-state index >= 15 is 0 Å². The number of hydrogen-bond donors (Lipinski definition) is 3. The number of nitrogens with two attached hydrogens (primary N) is 2. The van der Waals surface area contributed by atoms with E-state index in [-0.39, 0.29) is 0 Å².